The van der Waals surface area contributed by atoms with Crippen molar-refractivity contribution in [1.82, 2.24) is 9.55 Å². The normalized spacial score (nSPS) is 14.6. The molecule has 1 aliphatic carbocycles. The van der Waals surface area contributed by atoms with E-state index in [1.165, 1.54) is 12.8 Å². The molecular weight excluding hydrogens is 274 g/mol. The van der Waals surface area contributed by atoms with Crippen molar-refractivity contribution in [3.05, 3.63) is 52.6 Å². The van der Waals surface area contributed by atoms with E-state index in [-0.39, 0.29) is 5.56 Å². The highest BCUT2D eigenvalue weighted by molar-refractivity contribution is 5.75. The Morgan fingerprint density at radius 1 is 1.27 bits per heavy atom. The summed E-state index contributed by atoms with van der Waals surface area (Å²) in [6, 6.07) is 9.82. The number of aryl methyl sites for hydroxylation is 1. The van der Waals surface area contributed by atoms with E-state index in [1.54, 1.807) is 0 Å². The summed E-state index contributed by atoms with van der Waals surface area (Å²) in [6.45, 7) is 2.81. The quantitative estimate of drug-likeness (QED) is 0.728. The molecule has 0 spiro atoms. The van der Waals surface area contributed by atoms with Gasteiger partial charge in [-0.1, -0.05) is 12.1 Å². The second kappa shape index (κ2) is 4.77. The first kappa shape index (κ1) is 13.2. The van der Waals surface area contributed by atoms with E-state index in [9.17, 15) is 4.79 Å². The largest absolute Gasteiger partial charge is 0.399 e. The molecule has 0 radical (unpaired) electrons. The molecule has 1 aromatic carbocycles. The lowest BCUT2D eigenvalue weighted by molar-refractivity contribution is 0.616. The van der Waals surface area contributed by atoms with Crippen molar-refractivity contribution in [2.75, 3.05) is 5.73 Å². The molecule has 0 bridgehead atoms. The Balaban J connectivity index is 1.85. The van der Waals surface area contributed by atoms with Gasteiger partial charge in [0.15, 0.2) is 0 Å². The lowest BCUT2D eigenvalue weighted by Gasteiger charge is -2.09. The fraction of sp³-hybridized carbons (Fsp3) is 0.278. The number of nitrogen functional groups attached to an aromatic ring is 1. The number of anilines is 1. The van der Waals surface area contributed by atoms with Crippen LogP contribution in [0.3, 0.4) is 0 Å². The van der Waals surface area contributed by atoms with Gasteiger partial charge in [-0.05, 0) is 49.4 Å². The second-order valence-corrected chi connectivity index (χ2v) is 6.29. The van der Waals surface area contributed by atoms with Gasteiger partial charge in [0.2, 0.25) is 0 Å². The molecule has 0 saturated heterocycles. The summed E-state index contributed by atoms with van der Waals surface area (Å²) in [5.41, 5.74) is 11.5. The molecule has 4 heteroatoms. The van der Waals surface area contributed by atoms with Crippen LogP contribution in [0.25, 0.3) is 22.4 Å². The fourth-order valence-corrected chi connectivity index (χ4v) is 3.08. The first-order valence-corrected chi connectivity index (χ1v) is 7.70. The van der Waals surface area contributed by atoms with Crippen molar-refractivity contribution in [1.29, 1.82) is 0 Å². The maximum Gasteiger partial charge on any atom is 0.260 e. The average Bonchev–Trinajstić information content (AvgIpc) is 3.24. The Morgan fingerprint density at radius 3 is 2.82 bits per heavy atom. The number of nitrogens with one attached hydrogen (secondary N) is 1. The van der Waals surface area contributed by atoms with Crippen LogP contribution in [0.5, 0.6) is 0 Å². The third-order valence-electron chi connectivity index (χ3n) is 4.40. The maximum absolute atomic E-state index is 12.5. The molecule has 2 heterocycles. The summed E-state index contributed by atoms with van der Waals surface area (Å²) in [4.78, 5) is 15.9. The van der Waals surface area contributed by atoms with Gasteiger partial charge in [-0.2, -0.15) is 0 Å². The highest BCUT2D eigenvalue weighted by Gasteiger charge is 2.25. The Hall–Kier alpha value is -2.49. The van der Waals surface area contributed by atoms with E-state index in [2.05, 4.69) is 4.98 Å². The summed E-state index contributed by atoms with van der Waals surface area (Å²) in [6.07, 6.45) is 4.48. The molecule has 1 fully saturated rings. The number of aromatic nitrogens is 2. The van der Waals surface area contributed by atoms with Crippen molar-refractivity contribution in [3.8, 4) is 22.4 Å². The summed E-state index contributed by atoms with van der Waals surface area (Å²) in [5.74, 6) is 0.687. The zero-order valence-corrected chi connectivity index (χ0v) is 12.6. The van der Waals surface area contributed by atoms with Crippen LogP contribution in [0.1, 0.15) is 18.5 Å². The van der Waals surface area contributed by atoms with Gasteiger partial charge in [-0.15, -0.1) is 0 Å². The third-order valence-corrected chi connectivity index (χ3v) is 4.40. The number of nitrogens with zero attached hydrogens (tertiary/aromatic N) is 1. The number of rotatable bonds is 3. The van der Waals surface area contributed by atoms with Gasteiger partial charge in [0, 0.05) is 35.4 Å². The zero-order chi connectivity index (χ0) is 15.3. The first-order valence-electron chi connectivity index (χ1n) is 7.70. The number of hydrogen-bond donors (Lipinski definition) is 2. The lowest BCUT2D eigenvalue weighted by Crippen LogP contribution is -2.16. The van der Waals surface area contributed by atoms with E-state index in [4.69, 9.17) is 5.73 Å². The van der Waals surface area contributed by atoms with E-state index >= 15 is 0 Å². The molecule has 1 aromatic rings. The van der Waals surface area contributed by atoms with Gasteiger partial charge < -0.3 is 15.3 Å². The summed E-state index contributed by atoms with van der Waals surface area (Å²) < 4.78 is 1.87. The number of pyridine rings is 1. The average molecular weight is 293 g/mol. The Labute approximate surface area is 128 Å². The Kier molecular flexibility index (Phi) is 2.86. The second-order valence-electron chi connectivity index (χ2n) is 6.29. The van der Waals surface area contributed by atoms with Crippen LogP contribution < -0.4 is 11.3 Å². The van der Waals surface area contributed by atoms with Gasteiger partial charge >= 0.3 is 0 Å². The number of nitrogens with two attached hydrogens (primary N) is 1. The SMILES string of the molecule is Cc1[nH]c(-c2cccc(N)c2)cc2cn(CC3CC3)c(=O)c1-2. The van der Waals surface area contributed by atoms with Gasteiger partial charge in [-0.25, -0.2) is 0 Å². The molecule has 2 aliphatic heterocycles. The van der Waals surface area contributed by atoms with Crippen LogP contribution in [0.2, 0.25) is 0 Å². The molecule has 112 valence electrons. The van der Waals surface area contributed by atoms with Gasteiger partial charge in [0.05, 0.1) is 5.56 Å². The fourth-order valence-electron chi connectivity index (χ4n) is 3.08. The van der Waals surface area contributed by atoms with Crippen LogP contribution >= 0.6 is 0 Å². The number of benzene rings is 1. The smallest absolute Gasteiger partial charge is 0.260 e. The summed E-state index contributed by atoms with van der Waals surface area (Å²) in [5, 5.41) is 0. The number of H-pyrrole nitrogens is 1. The molecule has 3 N–H and O–H groups in total. The van der Waals surface area contributed by atoms with E-state index in [0.29, 0.717) is 5.92 Å². The zero-order valence-electron chi connectivity index (χ0n) is 12.6. The standard InChI is InChI=1S/C18H19N3O/c1-11-17-14(10-21(18(17)22)9-12-5-6-12)8-16(20-11)13-3-2-4-15(19)7-13/h2-4,7-8,10,12,20H,5-6,9,19H2,1H3. The molecular formula is C18H19N3O. The van der Waals surface area contributed by atoms with Crippen LogP contribution in [-0.4, -0.2) is 9.55 Å². The van der Waals surface area contributed by atoms with Crippen molar-refractivity contribution in [2.45, 2.75) is 26.3 Å². The molecule has 0 atom stereocenters. The van der Waals surface area contributed by atoms with E-state index in [0.717, 1.165) is 40.3 Å². The summed E-state index contributed by atoms with van der Waals surface area (Å²) in [7, 11) is 0. The molecule has 0 aromatic heterocycles. The van der Waals surface area contributed by atoms with Gasteiger partial charge in [0.25, 0.3) is 5.56 Å². The highest BCUT2D eigenvalue weighted by atomic mass is 16.1. The maximum atomic E-state index is 12.5. The van der Waals surface area contributed by atoms with Crippen molar-refractivity contribution < 1.29 is 0 Å². The summed E-state index contributed by atoms with van der Waals surface area (Å²) >= 11 is 0. The monoisotopic (exact) mass is 293 g/mol. The molecule has 22 heavy (non-hydrogen) atoms. The number of aromatic amines is 1. The van der Waals surface area contributed by atoms with E-state index < -0.39 is 0 Å². The molecule has 0 unspecified atom stereocenters. The minimum Gasteiger partial charge on any atom is -0.399 e. The van der Waals surface area contributed by atoms with Crippen LogP contribution in [0.15, 0.2) is 41.3 Å². The van der Waals surface area contributed by atoms with Crippen molar-refractivity contribution in [2.24, 2.45) is 5.92 Å². The topological polar surface area (TPSA) is 63.8 Å². The third kappa shape index (κ3) is 2.21. The minimum atomic E-state index is 0.120. The predicted octanol–water partition coefficient (Wildman–Crippen LogP) is 3.25. The number of fused-ring (bicyclic) bond motifs is 1. The molecule has 1 saturated carbocycles. The van der Waals surface area contributed by atoms with Crippen LogP contribution in [-0.2, 0) is 6.54 Å². The predicted molar refractivity (Wildman–Crippen MR) is 89.0 cm³/mol. The molecule has 4 rings (SSSR count). The van der Waals surface area contributed by atoms with Crippen LogP contribution in [0, 0.1) is 12.8 Å². The minimum absolute atomic E-state index is 0.120. The van der Waals surface area contributed by atoms with Gasteiger partial charge in [-0.3, -0.25) is 4.79 Å². The van der Waals surface area contributed by atoms with Crippen LogP contribution in [0.4, 0.5) is 5.69 Å². The van der Waals surface area contributed by atoms with Crippen molar-refractivity contribution in [3.63, 3.8) is 0 Å². The number of hydrogen-bond acceptors (Lipinski definition) is 2. The highest BCUT2D eigenvalue weighted by Crippen LogP contribution is 2.32. The Morgan fingerprint density at radius 2 is 2.09 bits per heavy atom. The van der Waals surface area contributed by atoms with Gasteiger partial charge in [0.1, 0.15) is 0 Å². The van der Waals surface area contributed by atoms with E-state index in [1.807, 2.05) is 48.0 Å². The first-order chi connectivity index (χ1) is 10.6. The molecule has 4 nitrogen and oxygen atoms in total. The lowest BCUT2D eigenvalue weighted by atomic mass is 10.0. The van der Waals surface area contributed by atoms with Crippen molar-refractivity contribution >= 4 is 5.69 Å². The molecule has 3 aliphatic rings. The Bertz CT molecular complexity index is 870. The molecule has 0 amide bonds.